The second-order valence-electron chi connectivity index (χ2n) is 5.76. The molecule has 4 heteroatoms. The molecule has 112 valence electrons. The Hall–Kier alpha value is -1.74. The van der Waals surface area contributed by atoms with Crippen molar-refractivity contribution in [3.63, 3.8) is 0 Å². The number of benzene rings is 2. The number of rotatable bonds is 3. The fourth-order valence-electron chi connectivity index (χ4n) is 2.03. The second kappa shape index (κ2) is 5.94. The van der Waals surface area contributed by atoms with E-state index in [0.717, 1.165) is 5.56 Å². The van der Waals surface area contributed by atoms with E-state index in [2.05, 4.69) is 20.8 Å². The lowest BCUT2D eigenvalue weighted by Crippen LogP contribution is -2.11. The molecule has 0 atom stereocenters. The van der Waals surface area contributed by atoms with E-state index in [-0.39, 0.29) is 11.2 Å². The lowest BCUT2D eigenvalue weighted by molar-refractivity contribution is 0.364. The zero-order chi connectivity index (χ0) is 15.6. The molecule has 2 aromatic rings. The van der Waals surface area contributed by atoms with Crippen LogP contribution in [0.15, 0.2) is 36.4 Å². The molecule has 0 aliphatic heterocycles. The summed E-state index contributed by atoms with van der Waals surface area (Å²) in [4.78, 5) is 0. The summed E-state index contributed by atoms with van der Waals surface area (Å²) in [5, 5.41) is 0.593. The van der Waals surface area contributed by atoms with Crippen LogP contribution in [0.2, 0.25) is 5.02 Å². The van der Waals surface area contributed by atoms with Gasteiger partial charge in [0.2, 0.25) is 5.75 Å². The van der Waals surface area contributed by atoms with Gasteiger partial charge in [-0.3, -0.25) is 0 Å². The highest BCUT2D eigenvalue weighted by molar-refractivity contribution is 6.31. The molecule has 2 rings (SSSR count). The van der Waals surface area contributed by atoms with Crippen LogP contribution in [0.25, 0.3) is 0 Å². The van der Waals surface area contributed by atoms with Crippen LogP contribution in [-0.4, -0.2) is 7.11 Å². The quantitative estimate of drug-likeness (QED) is 0.737. The van der Waals surface area contributed by atoms with Crippen molar-refractivity contribution in [3.05, 3.63) is 52.8 Å². The third-order valence-corrected chi connectivity index (χ3v) is 3.43. The minimum atomic E-state index is -0.481. The summed E-state index contributed by atoms with van der Waals surface area (Å²) in [5.41, 5.74) is 0.947. The maximum Gasteiger partial charge on any atom is 0.204 e. The van der Waals surface area contributed by atoms with Gasteiger partial charge in [0.05, 0.1) is 7.11 Å². The van der Waals surface area contributed by atoms with Gasteiger partial charge in [0.1, 0.15) is 5.75 Å². The molecule has 0 spiro atoms. The number of methoxy groups -OCH3 is 1. The molecule has 2 aromatic carbocycles. The first kappa shape index (κ1) is 15.6. The van der Waals surface area contributed by atoms with E-state index >= 15 is 0 Å². The van der Waals surface area contributed by atoms with E-state index < -0.39 is 5.82 Å². The molecule has 0 amide bonds. The van der Waals surface area contributed by atoms with Crippen molar-refractivity contribution in [3.8, 4) is 17.2 Å². The molecule has 0 aliphatic carbocycles. The summed E-state index contributed by atoms with van der Waals surface area (Å²) in [6.07, 6.45) is 0. The smallest absolute Gasteiger partial charge is 0.204 e. The predicted octanol–water partition coefficient (Wildman–Crippen LogP) is 5.58. The Morgan fingerprint density at radius 1 is 1.10 bits per heavy atom. The van der Waals surface area contributed by atoms with E-state index in [1.807, 2.05) is 6.07 Å². The average molecular weight is 309 g/mol. The van der Waals surface area contributed by atoms with Gasteiger partial charge in [0, 0.05) is 5.02 Å². The molecule has 0 radical (unpaired) electrons. The lowest BCUT2D eigenvalue weighted by Gasteiger charge is -2.21. The third-order valence-electron chi connectivity index (χ3n) is 3.12. The maximum atomic E-state index is 13.9. The van der Waals surface area contributed by atoms with Crippen molar-refractivity contribution in [2.45, 2.75) is 26.2 Å². The molecule has 2 nitrogen and oxygen atoms in total. The van der Waals surface area contributed by atoms with Crippen molar-refractivity contribution < 1.29 is 13.9 Å². The summed E-state index contributed by atoms with van der Waals surface area (Å²) >= 11 is 6.29. The molecule has 0 aliphatic rings. The fourth-order valence-corrected chi connectivity index (χ4v) is 2.49. The SMILES string of the molecule is COc1cccc(F)c1Oc1ccc(C(C)(C)C)c(Cl)c1. The number of hydrogen-bond donors (Lipinski definition) is 0. The van der Waals surface area contributed by atoms with E-state index in [1.54, 1.807) is 24.3 Å². The maximum absolute atomic E-state index is 13.9. The van der Waals surface area contributed by atoms with Crippen LogP contribution in [0.1, 0.15) is 26.3 Å². The average Bonchev–Trinajstić information content (AvgIpc) is 2.39. The van der Waals surface area contributed by atoms with E-state index in [9.17, 15) is 4.39 Å². The monoisotopic (exact) mass is 308 g/mol. The normalized spacial score (nSPS) is 11.3. The Kier molecular flexibility index (Phi) is 4.43. The number of halogens is 2. The van der Waals surface area contributed by atoms with Gasteiger partial charge in [0.25, 0.3) is 0 Å². The first-order chi connectivity index (χ1) is 9.82. The van der Waals surface area contributed by atoms with Gasteiger partial charge in [-0.1, -0.05) is 44.5 Å². The van der Waals surface area contributed by atoms with Crippen LogP contribution < -0.4 is 9.47 Å². The van der Waals surface area contributed by atoms with Gasteiger partial charge in [-0.25, -0.2) is 4.39 Å². The molecule has 0 saturated heterocycles. The van der Waals surface area contributed by atoms with Gasteiger partial charge in [0.15, 0.2) is 11.6 Å². The van der Waals surface area contributed by atoms with Crippen LogP contribution in [0.3, 0.4) is 0 Å². The Labute approximate surface area is 129 Å². The van der Waals surface area contributed by atoms with Crippen LogP contribution in [0, 0.1) is 5.82 Å². The van der Waals surface area contributed by atoms with Crippen molar-refractivity contribution in [1.29, 1.82) is 0 Å². The van der Waals surface area contributed by atoms with Crippen LogP contribution in [0.5, 0.6) is 17.2 Å². The summed E-state index contributed by atoms with van der Waals surface area (Å²) in [6.45, 7) is 6.23. The molecule has 0 unspecified atom stereocenters. The minimum absolute atomic E-state index is 0.0552. The van der Waals surface area contributed by atoms with Crippen LogP contribution in [-0.2, 0) is 5.41 Å². The molecule has 0 aromatic heterocycles. The summed E-state index contributed by atoms with van der Waals surface area (Å²) in [5.74, 6) is 0.382. The number of hydrogen-bond acceptors (Lipinski definition) is 2. The van der Waals surface area contributed by atoms with Gasteiger partial charge >= 0.3 is 0 Å². The fraction of sp³-hybridized carbons (Fsp3) is 0.294. The van der Waals surface area contributed by atoms with Gasteiger partial charge < -0.3 is 9.47 Å². The van der Waals surface area contributed by atoms with Gasteiger partial charge in [-0.15, -0.1) is 0 Å². The van der Waals surface area contributed by atoms with Crippen molar-refractivity contribution in [2.75, 3.05) is 7.11 Å². The summed E-state index contributed by atoms with van der Waals surface area (Å²) < 4.78 is 24.6. The molecule has 0 heterocycles. The van der Waals surface area contributed by atoms with Crippen molar-refractivity contribution >= 4 is 11.6 Å². The highest BCUT2D eigenvalue weighted by Gasteiger charge is 2.18. The van der Waals surface area contributed by atoms with Gasteiger partial charge in [-0.05, 0) is 35.2 Å². The van der Waals surface area contributed by atoms with Gasteiger partial charge in [-0.2, -0.15) is 0 Å². The molecule has 0 fully saturated rings. The van der Waals surface area contributed by atoms with Crippen molar-refractivity contribution in [1.82, 2.24) is 0 Å². The first-order valence-electron chi connectivity index (χ1n) is 6.63. The molecular formula is C17H18ClFO2. The Bertz CT molecular complexity index is 648. The zero-order valence-electron chi connectivity index (χ0n) is 12.5. The minimum Gasteiger partial charge on any atom is -0.493 e. The Morgan fingerprint density at radius 2 is 1.81 bits per heavy atom. The number of ether oxygens (including phenoxy) is 2. The Balaban J connectivity index is 2.36. The molecule has 0 saturated carbocycles. The van der Waals surface area contributed by atoms with E-state index in [4.69, 9.17) is 21.1 Å². The summed E-state index contributed by atoms with van der Waals surface area (Å²) in [6, 6.07) is 9.89. The van der Waals surface area contributed by atoms with Crippen LogP contribution in [0.4, 0.5) is 4.39 Å². The molecule has 21 heavy (non-hydrogen) atoms. The zero-order valence-corrected chi connectivity index (χ0v) is 13.3. The third kappa shape index (κ3) is 3.48. The number of para-hydroxylation sites is 1. The largest absolute Gasteiger partial charge is 0.493 e. The topological polar surface area (TPSA) is 18.5 Å². The van der Waals surface area contributed by atoms with E-state index in [1.165, 1.54) is 13.2 Å². The van der Waals surface area contributed by atoms with Crippen LogP contribution >= 0.6 is 11.6 Å². The summed E-state index contributed by atoms with van der Waals surface area (Å²) in [7, 11) is 1.47. The lowest BCUT2D eigenvalue weighted by atomic mass is 9.87. The predicted molar refractivity (Wildman–Crippen MR) is 83.2 cm³/mol. The first-order valence-corrected chi connectivity index (χ1v) is 7.01. The molecule has 0 N–H and O–H groups in total. The molecule has 0 bridgehead atoms. The van der Waals surface area contributed by atoms with Crippen molar-refractivity contribution in [2.24, 2.45) is 0 Å². The highest BCUT2D eigenvalue weighted by Crippen LogP contribution is 2.37. The Morgan fingerprint density at radius 3 is 2.38 bits per heavy atom. The second-order valence-corrected chi connectivity index (χ2v) is 6.17. The highest BCUT2D eigenvalue weighted by atomic mass is 35.5. The molecular weight excluding hydrogens is 291 g/mol. The standard InChI is InChI=1S/C17H18ClFO2/c1-17(2,3)12-9-8-11(10-13(12)18)21-16-14(19)6-5-7-15(16)20-4/h5-10H,1-4H3. The van der Waals surface area contributed by atoms with E-state index in [0.29, 0.717) is 16.5 Å².